The smallest absolute Gasteiger partial charge is 0.0811 e. The van der Waals surface area contributed by atoms with Crippen molar-refractivity contribution in [3.8, 4) is 0 Å². The molecule has 2 nitrogen and oxygen atoms in total. The summed E-state index contributed by atoms with van der Waals surface area (Å²) >= 11 is 0. The predicted molar refractivity (Wildman–Crippen MR) is 134 cm³/mol. The Morgan fingerprint density at radius 3 is 1.53 bits per heavy atom. The van der Waals surface area contributed by atoms with E-state index in [1.807, 2.05) is 0 Å². The standard InChI is InChI=1S/C30H37NO/c32-30(21-19-26-13-5-1-6-14-26,22-20-27-15-7-2-8-16-27)29(31-23-11-4-12-24-31)25-28-17-9-3-10-18-28/h1-3,5-10,13-18,29,32H,4,11-12,19-25H2/t29-/m0/s1. The van der Waals surface area contributed by atoms with Crippen LogP contribution in [-0.2, 0) is 19.3 Å². The first kappa shape index (κ1) is 22.8. The Morgan fingerprint density at radius 2 is 1.06 bits per heavy atom. The van der Waals surface area contributed by atoms with Gasteiger partial charge in [-0.05, 0) is 74.7 Å². The van der Waals surface area contributed by atoms with Crippen LogP contribution in [0.15, 0.2) is 91.0 Å². The molecule has 1 atom stereocenters. The topological polar surface area (TPSA) is 23.5 Å². The summed E-state index contributed by atoms with van der Waals surface area (Å²) < 4.78 is 0. The maximum atomic E-state index is 12.4. The van der Waals surface area contributed by atoms with Gasteiger partial charge >= 0.3 is 0 Å². The molecule has 2 heteroatoms. The van der Waals surface area contributed by atoms with Crippen LogP contribution in [0, 0.1) is 0 Å². The van der Waals surface area contributed by atoms with Crippen LogP contribution in [0.4, 0.5) is 0 Å². The van der Waals surface area contributed by atoms with Crippen LogP contribution in [0.5, 0.6) is 0 Å². The molecule has 1 N–H and O–H groups in total. The molecule has 0 saturated carbocycles. The van der Waals surface area contributed by atoms with Gasteiger partial charge in [0.1, 0.15) is 0 Å². The molecule has 1 heterocycles. The SMILES string of the molecule is OC(CCc1ccccc1)(CCc1ccccc1)[C@H](Cc1ccccc1)N1CCCCC1. The average molecular weight is 428 g/mol. The molecular formula is C30H37NO. The summed E-state index contributed by atoms with van der Waals surface area (Å²) in [7, 11) is 0. The molecule has 3 aromatic carbocycles. The van der Waals surface area contributed by atoms with Gasteiger partial charge in [-0.1, -0.05) is 97.4 Å². The lowest BCUT2D eigenvalue weighted by molar-refractivity contribution is -0.0646. The first-order valence-electron chi connectivity index (χ1n) is 12.3. The van der Waals surface area contributed by atoms with E-state index in [2.05, 4.69) is 95.9 Å². The molecule has 1 fully saturated rings. The third-order valence-electron chi connectivity index (χ3n) is 7.10. The Labute approximate surface area is 193 Å². The van der Waals surface area contributed by atoms with Crippen molar-refractivity contribution >= 4 is 0 Å². The average Bonchev–Trinajstić information content (AvgIpc) is 2.87. The maximum absolute atomic E-state index is 12.4. The lowest BCUT2D eigenvalue weighted by Gasteiger charge is -2.45. The van der Waals surface area contributed by atoms with Crippen LogP contribution in [0.25, 0.3) is 0 Å². The highest BCUT2D eigenvalue weighted by molar-refractivity contribution is 5.20. The number of aryl methyl sites for hydroxylation is 2. The second kappa shape index (κ2) is 11.4. The molecule has 3 aromatic rings. The number of hydrogen-bond donors (Lipinski definition) is 1. The quantitative estimate of drug-likeness (QED) is 0.424. The van der Waals surface area contributed by atoms with E-state index in [4.69, 9.17) is 0 Å². The fourth-order valence-corrected chi connectivity index (χ4v) is 5.20. The number of hydrogen-bond acceptors (Lipinski definition) is 2. The van der Waals surface area contributed by atoms with E-state index in [-0.39, 0.29) is 6.04 Å². The van der Waals surface area contributed by atoms with E-state index in [1.165, 1.54) is 36.0 Å². The minimum atomic E-state index is -0.737. The lowest BCUT2D eigenvalue weighted by Crippen LogP contribution is -2.56. The number of aliphatic hydroxyl groups is 1. The molecular weight excluding hydrogens is 390 g/mol. The van der Waals surface area contributed by atoms with Gasteiger partial charge in [-0.15, -0.1) is 0 Å². The van der Waals surface area contributed by atoms with Gasteiger partial charge in [-0.3, -0.25) is 4.90 Å². The number of piperidine rings is 1. The molecule has 32 heavy (non-hydrogen) atoms. The summed E-state index contributed by atoms with van der Waals surface area (Å²) in [6.45, 7) is 2.19. The van der Waals surface area contributed by atoms with Crippen molar-refractivity contribution in [3.05, 3.63) is 108 Å². The van der Waals surface area contributed by atoms with Gasteiger partial charge in [0.15, 0.2) is 0 Å². The fourth-order valence-electron chi connectivity index (χ4n) is 5.20. The predicted octanol–water partition coefficient (Wildman–Crippen LogP) is 6.08. The highest BCUT2D eigenvalue weighted by Crippen LogP contribution is 2.32. The second-order valence-corrected chi connectivity index (χ2v) is 9.38. The molecule has 1 aliphatic heterocycles. The normalized spacial score (nSPS) is 16.0. The number of likely N-dealkylation sites (tertiary alicyclic amines) is 1. The van der Waals surface area contributed by atoms with Crippen molar-refractivity contribution in [1.82, 2.24) is 4.90 Å². The van der Waals surface area contributed by atoms with E-state index >= 15 is 0 Å². The lowest BCUT2D eigenvalue weighted by atomic mass is 9.78. The molecule has 1 saturated heterocycles. The zero-order valence-corrected chi connectivity index (χ0v) is 19.2. The monoisotopic (exact) mass is 427 g/mol. The van der Waals surface area contributed by atoms with Crippen molar-refractivity contribution < 1.29 is 5.11 Å². The van der Waals surface area contributed by atoms with E-state index in [0.717, 1.165) is 45.2 Å². The number of rotatable bonds is 10. The summed E-state index contributed by atoms with van der Waals surface area (Å²) in [6.07, 6.45) is 8.08. The molecule has 0 spiro atoms. The zero-order chi connectivity index (χ0) is 22.1. The molecule has 0 aromatic heterocycles. The van der Waals surface area contributed by atoms with Crippen LogP contribution in [0.2, 0.25) is 0 Å². The second-order valence-electron chi connectivity index (χ2n) is 9.38. The van der Waals surface area contributed by atoms with Crippen LogP contribution >= 0.6 is 0 Å². The summed E-state index contributed by atoms with van der Waals surface area (Å²) in [5.41, 5.74) is 3.20. The molecule has 0 bridgehead atoms. The molecule has 0 amide bonds. The number of nitrogens with zero attached hydrogens (tertiary/aromatic N) is 1. The summed E-state index contributed by atoms with van der Waals surface area (Å²) in [6, 6.07) is 32.2. The van der Waals surface area contributed by atoms with Crippen molar-refractivity contribution in [2.75, 3.05) is 13.1 Å². The molecule has 0 aliphatic carbocycles. The maximum Gasteiger partial charge on any atom is 0.0811 e. The van der Waals surface area contributed by atoms with E-state index in [0.29, 0.717) is 0 Å². The van der Waals surface area contributed by atoms with Crippen LogP contribution in [-0.4, -0.2) is 34.7 Å². The van der Waals surface area contributed by atoms with Crippen LogP contribution in [0.3, 0.4) is 0 Å². The van der Waals surface area contributed by atoms with Gasteiger partial charge in [0.2, 0.25) is 0 Å². The zero-order valence-electron chi connectivity index (χ0n) is 19.2. The Kier molecular flexibility index (Phi) is 8.14. The first-order valence-corrected chi connectivity index (χ1v) is 12.3. The molecule has 0 unspecified atom stereocenters. The minimum Gasteiger partial charge on any atom is -0.388 e. The van der Waals surface area contributed by atoms with Gasteiger partial charge in [-0.25, -0.2) is 0 Å². The molecule has 0 radical (unpaired) electrons. The van der Waals surface area contributed by atoms with Gasteiger partial charge in [-0.2, -0.15) is 0 Å². The van der Waals surface area contributed by atoms with Crippen molar-refractivity contribution in [2.45, 2.75) is 63.0 Å². The molecule has 168 valence electrons. The highest BCUT2D eigenvalue weighted by Gasteiger charge is 2.40. The van der Waals surface area contributed by atoms with Gasteiger partial charge < -0.3 is 5.11 Å². The Morgan fingerprint density at radius 1 is 0.625 bits per heavy atom. The van der Waals surface area contributed by atoms with Gasteiger partial charge in [0.05, 0.1) is 5.60 Å². The van der Waals surface area contributed by atoms with Gasteiger partial charge in [0, 0.05) is 6.04 Å². The summed E-state index contributed by atoms with van der Waals surface area (Å²) in [4.78, 5) is 2.59. The molecule has 1 aliphatic rings. The minimum absolute atomic E-state index is 0.137. The highest BCUT2D eigenvalue weighted by atomic mass is 16.3. The molecule has 4 rings (SSSR count). The van der Waals surface area contributed by atoms with Crippen LogP contribution < -0.4 is 0 Å². The largest absolute Gasteiger partial charge is 0.388 e. The third kappa shape index (κ3) is 6.31. The first-order chi connectivity index (χ1) is 15.7. The van der Waals surface area contributed by atoms with E-state index in [9.17, 15) is 5.11 Å². The third-order valence-corrected chi connectivity index (χ3v) is 7.10. The van der Waals surface area contributed by atoms with Crippen molar-refractivity contribution in [3.63, 3.8) is 0 Å². The Balaban J connectivity index is 1.60. The fraction of sp³-hybridized carbons (Fsp3) is 0.400. The summed E-state index contributed by atoms with van der Waals surface area (Å²) in [5.74, 6) is 0. The van der Waals surface area contributed by atoms with Crippen molar-refractivity contribution in [2.24, 2.45) is 0 Å². The van der Waals surface area contributed by atoms with E-state index in [1.54, 1.807) is 0 Å². The van der Waals surface area contributed by atoms with Crippen molar-refractivity contribution in [1.29, 1.82) is 0 Å². The van der Waals surface area contributed by atoms with E-state index < -0.39 is 5.60 Å². The van der Waals surface area contributed by atoms with Crippen LogP contribution in [0.1, 0.15) is 48.8 Å². The number of benzene rings is 3. The Bertz CT molecular complexity index is 860. The summed E-state index contributed by atoms with van der Waals surface area (Å²) in [5, 5.41) is 12.4. The Hall–Kier alpha value is -2.42. The van der Waals surface area contributed by atoms with Gasteiger partial charge in [0.25, 0.3) is 0 Å².